The normalized spacial score (nSPS) is 14.3. The molecule has 1 aromatic carbocycles. The van der Waals surface area contributed by atoms with E-state index in [0.717, 1.165) is 11.1 Å². The largest absolute Gasteiger partial charge is 0.384 e. The fourth-order valence-electron chi connectivity index (χ4n) is 1.07. The minimum Gasteiger partial charge on any atom is -0.384 e. The summed E-state index contributed by atoms with van der Waals surface area (Å²) in [6.45, 7) is 3.70. The summed E-state index contributed by atoms with van der Waals surface area (Å²) in [6.07, 6.45) is 1.22. The van der Waals surface area contributed by atoms with Gasteiger partial charge < -0.3 is 5.11 Å². The quantitative estimate of drug-likeness (QED) is 0.694. The molecular formula is C11H13FO. The van der Waals surface area contributed by atoms with Gasteiger partial charge in [-0.3, -0.25) is 0 Å². The summed E-state index contributed by atoms with van der Waals surface area (Å²) in [5, 5.41) is 9.69. The van der Waals surface area contributed by atoms with E-state index in [1.54, 1.807) is 12.1 Å². The van der Waals surface area contributed by atoms with Crippen LogP contribution in [0.1, 0.15) is 25.5 Å². The Hall–Kier alpha value is -1.15. The minimum atomic E-state index is -0.620. The van der Waals surface area contributed by atoms with Crippen LogP contribution in [-0.2, 0) is 0 Å². The van der Waals surface area contributed by atoms with Crippen molar-refractivity contribution in [1.82, 2.24) is 0 Å². The molecule has 0 saturated carbocycles. The molecule has 0 amide bonds. The summed E-state index contributed by atoms with van der Waals surface area (Å²) in [5.74, 6) is -0.283. The van der Waals surface area contributed by atoms with Crippen molar-refractivity contribution in [3.8, 4) is 0 Å². The van der Waals surface area contributed by atoms with Gasteiger partial charge in [-0.15, -0.1) is 0 Å². The van der Waals surface area contributed by atoms with Crippen molar-refractivity contribution >= 4 is 0 Å². The molecule has 1 N–H and O–H groups in total. The molecule has 0 heterocycles. The Morgan fingerprint density at radius 2 is 1.92 bits per heavy atom. The lowest BCUT2D eigenvalue weighted by Gasteiger charge is -2.10. The molecule has 0 radical (unpaired) electrons. The zero-order chi connectivity index (χ0) is 9.84. The Kier molecular flexibility index (Phi) is 3.20. The van der Waals surface area contributed by atoms with Crippen LogP contribution in [0.15, 0.2) is 35.9 Å². The van der Waals surface area contributed by atoms with Gasteiger partial charge in [0.05, 0.1) is 6.10 Å². The van der Waals surface area contributed by atoms with Crippen LogP contribution in [0.2, 0.25) is 0 Å². The first-order chi connectivity index (χ1) is 6.15. The number of benzene rings is 1. The van der Waals surface area contributed by atoms with E-state index < -0.39 is 6.10 Å². The highest BCUT2D eigenvalue weighted by molar-refractivity contribution is 5.25. The predicted molar refractivity (Wildman–Crippen MR) is 50.8 cm³/mol. The molecule has 0 aliphatic heterocycles. The molecule has 1 rings (SSSR count). The first kappa shape index (κ1) is 9.93. The van der Waals surface area contributed by atoms with Crippen molar-refractivity contribution in [2.75, 3.05) is 0 Å². The van der Waals surface area contributed by atoms with Gasteiger partial charge in [0.15, 0.2) is 0 Å². The number of allylic oxidation sites excluding steroid dienone is 1. The summed E-state index contributed by atoms with van der Waals surface area (Å²) in [7, 11) is 0. The molecule has 1 unspecified atom stereocenters. The van der Waals surface area contributed by atoms with Crippen LogP contribution in [0.4, 0.5) is 4.39 Å². The molecule has 13 heavy (non-hydrogen) atoms. The van der Waals surface area contributed by atoms with E-state index in [-0.39, 0.29) is 5.82 Å². The molecular weight excluding hydrogens is 167 g/mol. The molecule has 0 saturated heterocycles. The van der Waals surface area contributed by atoms with Gasteiger partial charge in [0.1, 0.15) is 5.82 Å². The van der Waals surface area contributed by atoms with Crippen molar-refractivity contribution in [3.63, 3.8) is 0 Å². The zero-order valence-electron chi connectivity index (χ0n) is 7.79. The van der Waals surface area contributed by atoms with Crippen LogP contribution in [-0.4, -0.2) is 5.11 Å². The molecule has 0 fully saturated rings. The van der Waals surface area contributed by atoms with Crippen LogP contribution in [0.5, 0.6) is 0 Å². The number of aliphatic hydroxyl groups excluding tert-OH is 1. The van der Waals surface area contributed by atoms with Crippen molar-refractivity contribution < 1.29 is 9.50 Å². The zero-order valence-corrected chi connectivity index (χ0v) is 7.79. The maximum absolute atomic E-state index is 12.5. The Balaban J connectivity index is 2.89. The Labute approximate surface area is 77.5 Å². The second kappa shape index (κ2) is 4.19. The van der Waals surface area contributed by atoms with Crippen LogP contribution < -0.4 is 0 Å². The average molecular weight is 180 g/mol. The van der Waals surface area contributed by atoms with Crippen LogP contribution in [0.25, 0.3) is 0 Å². The van der Waals surface area contributed by atoms with Crippen molar-refractivity contribution in [2.24, 2.45) is 0 Å². The van der Waals surface area contributed by atoms with E-state index in [1.807, 2.05) is 19.9 Å². The standard InChI is InChI=1S/C11H13FO/c1-3-8(2)11(13)9-4-6-10(12)7-5-9/h3-7,11,13H,1-2H3/b8-3+. The Morgan fingerprint density at radius 1 is 1.38 bits per heavy atom. The van der Waals surface area contributed by atoms with E-state index in [4.69, 9.17) is 0 Å². The third-order valence-corrected chi connectivity index (χ3v) is 2.07. The van der Waals surface area contributed by atoms with Gasteiger partial charge in [0.25, 0.3) is 0 Å². The lowest BCUT2D eigenvalue weighted by atomic mass is 10.0. The lowest BCUT2D eigenvalue weighted by molar-refractivity contribution is 0.215. The molecule has 1 atom stereocenters. The first-order valence-electron chi connectivity index (χ1n) is 4.21. The highest BCUT2D eigenvalue weighted by atomic mass is 19.1. The van der Waals surface area contributed by atoms with Crippen molar-refractivity contribution in [1.29, 1.82) is 0 Å². The van der Waals surface area contributed by atoms with Gasteiger partial charge in [-0.25, -0.2) is 4.39 Å². The minimum absolute atomic E-state index is 0.283. The second-order valence-corrected chi connectivity index (χ2v) is 2.99. The van der Waals surface area contributed by atoms with Crippen LogP contribution >= 0.6 is 0 Å². The van der Waals surface area contributed by atoms with Gasteiger partial charge >= 0.3 is 0 Å². The van der Waals surface area contributed by atoms with E-state index in [0.29, 0.717) is 0 Å². The van der Waals surface area contributed by atoms with E-state index in [1.165, 1.54) is 12.1 Å². The smallest absolute Gasteiger partial charge is 0.123 e. The van der Waals surface area contributed by atoms with E-state index >= 15 is 0 Å². The van der Waals surface area contributed by atoms with Crippen LogP contribution in [0, 0.1) is 5.82 Å². The fourth-order valence-corrected chi connectivity index (χ4v) is 1.07. The monoisotopic (exact) mass is 180 g/mol. The summed E-state index contributed by atoms with van der Waals surface area (Å²) >= 11 is 0. The predicted octanol–water partition coefficient (Wildman–Crippen LogP) is 2.83. The molecule has 0 aromatic heterocycles. The van der Waals surface area contributed by atoms with Gasteiger partial charge in [-0.05, 0) is 37.1 Å². The highest BCUT2D eigenvalue weighted by Crippen LogP contribution is 2.20. The molecule has 0 spiro atoms. The van der Waals surface area contributed by atoms with Gasteiger partial charge in [0, 0.05) is 0 Å². The molecule has 0 aliphatic carbocycles. The maximum Gasteiger partial charge on any atom is 0.123 e. The van der Waals surface area contributed by atoms with Crippen molar-refractivity contribution in [2.45, 2.75) is 20.0 Å². The molecule has 70 valence electrons. The third-order valence-electron chi connectivity index (χ3n) is 2.07. The summed E-state index contributed by atoms with van der Waals surface area (Å²) in [5.41, 5.74) is 1.59. The van der Waals surface area contributed by atoms with Gasteiger partial charge in [0.2, 0.25) is 0 Å². The van der Waals surface area contributed by atoms with Crippen molar-refractivity contribution in [3.05, 3.63) is 47.3 Å². The second-order valence-electron chi connectivity index (χ2n) is 2.99. The van der Waals surface area contributed by atoms with Gasteiger partial charge in [-0.1, -0.05) is 18.2 Å². The average Bonchev–Trinajstić information content (AvgIpc) is 2.17. The topological polar surface area (TPSA) is 20.2 Å². The lowest BCUT2D eigenvalue weighted by Crippen LogP contribution is -1.98. The first-order valence-corrected chi connectivity index (χ1v) is 4.21. The molecule has 0 aliphatic rings. The number of aliphatic hydroxyl groups is 1. The molecule has 2 heteroatoms. The SMILES string of the molecule is C/C=C(\C)C(O)c1ccc(F)cc1. The molecule has 0 bridgehead atoms. The highest BCUT2D eigenvalue weighted by Gasteiger charge is 2.07. The van der Waals surface area contributed by atoms with Crippen LogP contribution in [0.3, 0.4) is 0 Å². The van der Waals surface area contributed by atoms with E-state index in [2.05, 4.69) is 0 Å². The van der Waals surface area contributed by atoms with Gasteiger partial charge in [-0.2, -0.15) is 0 Å². The number of hydrogen-bond acceptors (Lipinski definition) is 1. The number of rotatable bonds is 2. The Bertz CT molecular complexity index is 300. The summed E-state index contributed by atoms with van der Waals surface area (Å²) in [4.78, 5) is 0. The third kappa shape index (κ3) is 2.39. The Morgan fingerprint density at radius 3 is 2.38 bits per heavy atom. The summed E-state index contributed by atoms with van der Waals surface area (Å²) in [6, 6.07) is 5.88. The molecule has 1 nitrogen and oxygen atoms in total. The number of halogens is 1. The maximum atomic E-state index is 12.5. The van der Waals surface area contributed by atoms with E-state index in [9.17, 15) is 9.50 Å². The molecule has 1 aromatic rings. The number of hydrogen-bond donors (Lipinski definition) is 1. The fraction of sp³-hybridized carbons (Fsp3) is 0.273. The summed E-state index contributed by atoms with van der Waals surface area (Å²) < 4.78 is 12.5.